The first kappa shape index (κ1) is 19.3. The molecule has 2 bridgehead atoms. The van der Waals surface area contributed by atoms with E-state index >= 15 is 0 Å². The molecule has 5 nitrogen and oxygen atoms in total. The molecule has 1 aromatic carbocycles. The van der Waals surface area contributed by atoms with Gasteiger partial charge < -0.3 is 4.74 Å². The number of carbonyl (C=O) groups is 1. The van der Waals surface area contributed by atoms with Crippen molar-refractivity contribution in [3.8, 4) is 5.75 Å². The number of benzene rings is 1. The lowest BCUT2D eigenvalue weighted by atomic mass is 9.70. The molecular formula is C17H24O5S2. The number of ether oxygens (including phenoxy) is 1. The number of Topliss-reactive ketones (excluding diaryl/α,β-unsaturated/α-hetero) is 1. The fourth-order valence-electron chi connectivity index (χ4n) is 4.00. The number of ketones is 1. The highest BCUT2D eigenvalue weighted by molar-refractivity contribution is 7.85. The maximum Gasteiger partial charge on any atom is 0.265 e. The van der Waals surface area contributed by atoms with Crippen molar-refractivity contribution in [2.24, 2.45) is 16.7 Å². The van der Waals surface area contributed by atoms with Crippen molar-refractivity contribution in [3.05, 3.63) is 24.3 Å². The van der Waals surface area contributed by atoms with Crippen LogP contribution in [-0.2, 0) is 14.9 Å². The number of methoxy groups -OCH3 is 1. The maximum atomic E-state index is 11.9. The van der Waals surface area contributed by atoms with Crippen LogP contribution in [0.5, 0.6) is 5.75 Å². The summed E-state index contributed by atoms with van der Waals surface area (Å²) < 4.78 is 35.9. The van der Waals surface area contributed by atoms with Crippen LogP contribution in [0.4, 0.5) is 0 Å². The summed E-state index contributed by atoms with van der Waals surface area (Å²) >= 11 is 4.11. The summed E-state index contributed by atoms with van der Waals surface area (Å²) in [6.45, 7) is 3.89. The van der Waals surface area contributed by atoms with Gasteiger partial charge in [0.15, 0.2) is 0 Å². The average molecular weight is 373 g/mol. The lowest BCUT2D eigenvalue weighted by Gasteiger charge is -2.35. The van der Waals surface area contributed by atoms with Crippen molar-refractivity contribution >= 4 is 28.5 Å². The fourth-order valence-corrected chi connectivity index (χ4v) is 5.45. The second-order valence-electron chi connectivity index (χ2n) is 7.09. The molecule has 0 saturated heterocycles. The Balaban J connectivity index is 0.000000198. The van der Waals surface area contributed by atoms with Crippen molar-refractivity contribution in [2.75, 3.05) is 12.9 Å². The van der Waals surface area contributed by atoms with E-state index in [4.69, 9.17) is 9.29 Å². The van der Waals surface area contributed by atoms with Gasteiger partial charge >= 0.3 is 0 Å². The minimum Gasteiger partial charge on any atom is -0.497 e. The van der Waals surface area contributed by atoms with Gasteiger partial charge in [-0.1, -0.05) is 13.8 Å². The second kappa shape index (κ2) is 6.69. The Morgan fingerprint density at radius 2 is 1.88 bits per heavy atom. The molecule has 0 radical (unpaired) electrons. The standard InChI is InChI=1S/C10H16O4S.C7H8OS/c1-9(2)7-3-4-10(9,8(11)5-7)6-15(12,13)14;1-8-6-2-4-7(9)5-3-6/h7H,3-6H2,1-2H3,(H,12,13,14);2-5,9H,1H3. The Kier molecular flexibility index (Phi) is 5.37. The van der Waals surface area contributed by atoms with E-state index in [0.29, 0.717) is 12.8 Å². The number of rotatable bonds is 3. The van der Waals surface area contributed by atoms with Crippen LogP contribution in [0.2, 0.25) is 0 Å². The summed E-state index contributed by atoms with van der Waals surface area (Å²) in [6, 6.07) is 7.54. The molecule has 0 amide bonds. The second-order valence-corrected chi connectivity index (χ2v) is 9.06. The van der Waals surface area contributed by atoms with E-state index in [2.05, 4.69) is 12.6 Å². The van der Waals surface area contributed by atoms with Crippen LogP contribution in [0.25, 0.3) is 0 Å². The molecule has 2 aliphatic carbocycles. The van der Waals surface area contributed by atoms with Gasteiger partial charge in [-0.25, -0.2) is 0 Å². The van der Waals surface area contributed by atoms with Gasteiger partial charge in [-0.2, -0.15) is 8.42 Å². The van der Waals surface area contributed by atoms with E-state index in [9.17, 15) is 13.2 Å². The molecule has 2 fully saturated rings. The van der Waals surface area contributed by atoms with E-state index in [1.807, 2.05) is 38.1 Å². The molecule has 7 heteroatoms. The largest absolute Gasteiger partial charge is 0.497 e. The molecule has 1 aromatic rings. The van der Waals surface area contributed by atoms with Gasteiger partial charge in [-0.3, -0.25) is 9.35 Å². The fraction of sp³-hybridized carbons (Fsp3) is 0.588. The van der Waals surface area contributed by atoms with Crippen molar-refractivity contribution in [1.29, 1.82) is 0 Å². The van der Waals surface area contributed by atoms with Crippen LogP contribution in [0.3, 0.4) is 0 Å². The highest BCUT2D eigenvalue weighted by atomic mass is 32.2. The number of hydrogen-bond donors (Lipinski definition) is 2. The topological polar surface area (TPSA) is 80.7 Å². The summed E-state index contributed by atoms with van der Waals surface area (Å²) in [7, 11) is -2.43. The maximum absolute atomic E-state index is 11.9. The first-order valence-electron chi connectivity index (χ1n) is 7.83. The third-order valence-corrected chi connectivity index (χ3v) is 6.80. The highest BCUT2D eigenvalue weighted by Gasteiger charge is 2.65. The van der Waals surface area contributed by atoms with E-state index in [1.54, 1.807) is 7.11 Å². The molecule has 0 aliphatic heterocycles. The van der Waals surface area contributed by atoms with Crippen LogP contribution in [0, 0.1) is 16.7 Å². The van der Waals surface area contributed by atoms with Crippen molar-refractivity contribution < 1.29 is 22.5 Å². The van der Waals surface area contributed by atoms with Crippen molar-refractivity contribution in [2.45, 2.75) is 38.0 Å². The molecule has 0 aromatic heterocycles. The Morgan fingerprint density at radius 1 is 1.29 bits per heavy atom. The quantitative estimate of drug-likeness (QED) is 0.629. The van der Waals surface area contributed by atoms with Crippen LogP contribution < -0.4 is 4.74 Å². The molecule has 2 saturated carbocycles. The zero-order valence-corrected chi connectivity index (χ0v) is 15.9. The first-order chi connectivity index (χ1) is 11.0. The summed E-state index contributed by atoms with van der Waals surface area (Å²) in [4.78, 5) is 12.8. The van der Waals surface area contributed by atoms with Crippen LogP contribution in [-0.4, -0.2) is 31.6 Å². The lowest BCUT2D eigenvalue weighted by Crippen LogP contribution is -2.42. The first-order valence-corrected chi connectivity index (χ1v) is 9.89. The third-order valence-electron chi connectivity index (χ3n) is 5.64. The molecular weight excluding hydrogens is 348 g/mol. The predicted molar refractivity (Wildman–Crippen MR) is 95.2 cm³/mol. The molecule has 2 atom stereocenters. The molecule has 3 rings (SSSR count). The van der Waals surface area contributed by atoms with Crippen LogP contribution in [0.1, 0.15) is 33.1 Å². The third kappa shape index (κ3) is 3.63. The SMILES string of the molecule is CC1(C)C2CCC1(CS(=O)(=O)O)C(=O)C2.COc1ccc(S)cc1. The average Bonchev–Trinajstić information content (AvgIpc) is 2.81. The number of fused-ring (bicyclic) bond motifs is 2. The lowest BCUT2D eigenvalue weighted by molar-refractivity contribution is -0.128. The van der Waals surface area contributed by atoms with Crippen LogP contribution >= 0.6 is 12.6 Å². The van der Waals surface area contributed by atoms with E-state index in [0.717, 1.165) is 17.1 Å². The predicted octanol–water partition coefficient (Wildman–Crippen LogP) is 3.25. The Hall–Kier alpha value is -1.05. The van der Waals surface area contributed by atoms with Gasteiger partial charge in [-0.15, -0.1) is 12.6 Å². The number of hydrogen-bond acceptors (Lipinski definition) is 5. The Labute approximate surface area is 148 Å². The smallest absolute Gasteiger partial charge is 0.265 e. The zero-order chi connectivity index (χ0) is 18.2. The minimum atomic E-state index is -4.08. The number of carbonyl (C=O) groups excluding carboxylic acids is 1. The van der Waals surface area contributed by atoms with Gasteiger partial charge in [0, 0.05) is 11.3 Å². The summed E-state index contributed by atoms with van der Waals surface area (Å²) in [5.74, 6) is 0.767. The molecule has 2 unspecified atom stereocenters. The zero-order valence-electron chi connectivity index (χ0n) is 14.2. The molecule has 134 valence electrons. The molecule has 24 heavy (non-hydrogen) atoms. The van der Waals surface area contributed by atoms with Crippen molar-refractivity contribution in [1.82, 2.24) is 0 Å². The van der Waals surface area contributed by atoms with Gasteiger partial charge in [0.1, 0.15) is 11.5 Å². The summed E-state index contributed by atoms with van der Waals surface area (Å²) in [5, 5.41) is 0. The van der Waals surface area contributed by atoms with Gasteiger partial charge in [0.05, 0.1) is 18.3 Å². The monoisotopic (exact) mass is 372 g/mol. The van der Waals surface area contributed by atoms with Crippen molar-refractivity contribution in [3.63, 3.8) is 0 Å². The van der Waals surface area contributed by atoms with Gasteiger partial charge in [0.25, 0.3) is 10.1 Å². The van der Waals surface area contributed by atoms with E-state index in [-0.39, 0.29) is 17.1 Å². The Morgan fingerprint density at radius 3 is 2.25 bits per heavy atom. The normalized spacial score (nSPS) is 27.5. The van der Waals surface area contributed by atoms with E-state index in [1.165, 1.54) is 0 Å². The van der Waals surface area contributed by atoms with E-state index < -0.39 is 21.3 Å². The summed E-state index contributed by atoms with van der Waals surface area (Å²) in [5.41, 5.74) is -1.12. The minimum absolute atomic E-state index is 0.0152. The van der Waals surface area contributed by atoms with Crippen LogP contribution in [0.15, 0.2) is 29.2 Å². The van der Waals surface area contributed by atoms with Gasteiger partial charge in [-0.05, 0) is 48.4 Å². The van der Waals surface area contributed by atoms with Gasteiger partial charge in [0.2, 0.25) is 0 Å². The highest BCUT2D eigenvalue weighted by Crippen LogP contribution is 2.64. The summed E-state index contributed by atoms with van der Waals surface area (Å²) in [6.07, 6.45) is 1.97. The molecule has 0 spiro atoms. The number of thiol groups is 1. The molecule has 1 N–H and O–H groups in total. The Bertz CT molecular complexity index is 709. The molecule has 2 aliphatic rings. The molecule has 0 heterocycles.